The van der Waals surface area contributed by atoms with Gasteiger partial charge in [0.15, 0.2) is 0 Å². The van der Waals surface area contributed by atoms with Crippen LogP contribution < -0.4 is 5.32 Å². The predicted octanol–water partition coefficient (Wildman–Crippen LogP) is 1.50. The van der Waals surface area contributed by atoms with E-state index >= 15 is 0 Å². The summed E-state index contributed by atoms with van der Waals surface area (Å²) in [7, 11) is 0. The lowest BCUT2D eigenvalue weighted by Gasteiger charge is -2.37. The Kier molecular flexibility index (Phi) is 2.03. The first kappa shape index (κ1) is 9.83. The second-order valence-corrected chi connectivity index (χ2v) is 4.07. The van der Waals surface area contributed by atoms with Gasteiger partial charge in [0.25, 0.3) is 0 Å². The molecular weight excluding hydrogens is 193 g/mol. The summed E-state index contributed by atoms with van der Waals surface area (Å²) in [5.41, 5.74) is -0.739. The van der Waals surface area contributed by atoms with Gasteiger partial charge in [-0.1, -0.05) is 6.58 Å². The fourth-order valence-electron chi connectivity index (χ4n) is 1.85. The lowest BCUT2D eigenvalue weighted by atomic mass is 10.1. The normalized spacial score (nSPS) is 25.2. The number of nitrogens with one attached hydrogen (secondary N) is 1. The van der Waals surface area contributed by atoms with Crippen LogP contribution in [0.1, 0.15) is 12.8 Å². The lowest BCUT2D eigenvalue weighted by Crippen LogP contribution is -2.53. The highest BCUT2D eigenvalue weighted by molar-refractivity contribution is 5.12. The van der Waals surface area contributed by atoms with Crippen molar-refractivity contribution in [2.24, 2.45) is 0 Å². The van der Waals surface area contributed by atoms with Crippen molar-refractivity contribution < 1.29 is 13.2 Å². The molecule has 1 saturated heterocycles. The number of alkyl halides is 3. The molecule has 5 heteroatoms. The first-order valence-corrected chi connectivity index (χ1v) is 4.69. The third-order valence-electron chi connectivity index (χ3n) is 2.94. The molecule has 1 saturated carbocycles. The summed E-state index contributed by atoms with van der Waals surface area (Å²) in [5.74, 6) is 0. The van der Waals surface area contributed by atoms with Crippen LogP contribution >= 0.6 is 0 Å². The average molecular weight is 206 g/mol. The topological polar surface area (TPSA) is 15.3 Å². The average Bonchev–Trinajstić information content (AvgIpc) is 2.82. The molecule has 1 aliphatic heterocycles. The van der Waals surface area contributed by atoms with E-state index in [0.717, 1.165) is 12.8 Å². The number of rotatable bonds is 1. The minimum atomic E-state index is -4.28. The number of nitrogens with zero attached hydrogens (tertiary/aromatic N) is 1. The van der Waals surface area contributed by atoms with Gasteiger partial charge in [0, 0.05) is 25.2 Å². The van der Waals surface area contributed by atoms with E-state index in [-0.39, 0.29) is 5.54 Å². The van der Waals surface area contributed by atoms with E-state index in [2.05, 4.69) is 11.9 Å². The summed E-state index contributed by atoms with van der Waals surface area (Å²) in [4.78, 5) is 1.35. The Morgan fingerprint density at radius 3 is 2.50 bits per heavy atom. The van der Waals surface area contributed by atoms with Crippen molar-refractivity contribution in [2.45, 2.75) is 24.6 Å². The van der Waals surface area contributed by atoms with E-state index in [1.54, 1.807) is 0 Å². The zero-order chi connectivity index (χ0) is 10.4. The molecule has 1 aliphatic carbocycles. The molecular formula is C9H13F3N2. The third kappa shape index (κ3) is 1.73. The maximum Gasteiger partial charge on any atom is 0.430 e. The van der Waals surface area contributed by atoms with Gasteiger partial charge in [-0.25, -0.2) is 0 Å². The van der Waals surface area contributed by atoms with Crippen molar-refractivity contribution >= 4 is 0 Å². The number of piperazine rings is 1. The molecule has 2 aliphatic rings. The molecule has 80 valence electrons. The lowest BCUT2D eigenvalue weighted by molar-refractivity contribution is -0.113. The summed E-state index contributed by atoms with van der Waals surface area (Å²) < 4.78 is 37.0. The SMILES string of the molecule is C=C(N1CCNC2(CC2)C1)C(F)(F)F. The van der Waals surface area contributed by atoms with E-state index in [1.807, 2.05) is 0 Å². The Balaban J connectivity index is 2.01. The number of hydrogen-bond donors (Lipinski definition) is 1. The van der Waals surface area contributed by atoms with Crippen LogP contribution in [-0.4, -0.2) is 36.2 Å². The van der Waals surface area contributed by atoms with Gasteiger partial charge < -0.3 is 10.2 Å². The van der Waals surface area contributed by atoms with Crippen molar-refractivity contribution in [1.29, 1.82) is 0 Å². The third-order valence-corrected chi connectivity index (χ3v) is 2.94. The molecule has 0 amide bonds. The van der Waals surface area contributed by atoms with Crippen molar-refractivity contribution in [3.63, 3.8) is 0 Å². The first-order chi connectivity index (χ1) is 6.43. The van der Waals surface area contributed by atoms with Crippen LogP contribution in [0.4, 0.5) is 13.2 Å². The van der Waals surface area contributed by atoms with E-state index in [0.29, 0.717) is 19.6 Å². The van der Waals surface area contributed by atoms with E-state index in [4.69, 9.17) is 0 Å². The summed E-state index contributed by atoms with van der Waals surface area (Å²) in [5, 5.41) is 3.26. The van der Waals surface area contributed by atoms with Gasteiger partial charge >= 0.3 is 6.18 Å². The Bertz CT molecular complexity index is 255. The van der Waals surface area contributed by atoms with E-state index < -0.39 is 11.9 Å². The minimum Gasteiger partial charge on any atom is -0.365 e. The molecule has 2 nitrogen and oxygen atoms in total. The Morgan fingerprint density at radius 1 is 1.36 bits per heavy atom. The second kappa shape index (κ2) is 2.89. The molecule has 14 heavy (non-hydrogen) atoms. The highest BCUT2D eigenvalue weighted by atomic mass is 19.4. The van der Waals surface area contributed by atoms with Gasteiger partial charge in [-0.15, -0.1) is 0 Å². The number of allylic oxidation sites excluding steroid dienone is 1. The molecule has 0 unspecified atom stereocenters. The molecule has 0 bridgehead atoms. The van der Waals surface area contributed by atoms with Gasteiger partial charge in [-0.2, -0.15) is 13.2 Å². The molecule has 0 aromatic carbocycles. The molecule has 0 aromatic rings. The highest BCUT2D eigenvalue weighted by Crippen LogP contribution is 2.40. The Hall–Kier alpha value is -0.710. The fraction of sp³-hybridized carbons (Fsp3) is 0.778. The van der Waals surface area contributed by atoms with Crippen molar-refractivity contribution in [2.75, 3.05) is 19.6 Å². The predicted molar refractivity (Wildman–Crippen MR) is 46.7 cm³/mol. The summed E-state index contributed by atoms with van der Waals surface area (Å²) in [6.45, 7) is 4.59. The number of hydrogen-bond acceptors (Lipinski definition) is 2. The molecule has 1 N–H and O–H groups in total. The van der Waals surface area contributed by atoms with Gasteiger partial charge in [-0.3, -0.25) is 0 Å². The molecule has 2 fully saturated rings. The maximum absolute atomic E-state index is 12.3. The largest absolute Gasteiger partial charge is 0.430 e. The van der Waals surface area contributed by atoms with Crippen molar-refractivity contribution in [1.82, 2.24) is 10.2 Å². The summed E-state index contributed by atoms with van der Waals surface area (Å²) in [6, 6.07) is 0. The quantitative estimate of drug-likeness (QED) is 0.699. The van der Waals surface area contributed by atoms with Crippen LogP contribution in [0.5, 0.6) is 0 Å². The van der Waals surface area contributed by atoms with Crippen molar-refractivity contribution in [3.8, 4) is 0 Å². The molecule has 0 aromatic heterocycles. The number of halogens is 3. The second-order valence-electron chi connectivity index (χ2n) is 4.07. The molecule has 1 spiro atoms. The monoisotopic (exact) mass is 206 g/mol. The van der Waals surface area contributed by atoms with Crippen LogP contribution in [0.25, 0.3) is 0 Å². The van der Waals surface area contributed by atoms with Gasteiger partial charge in [0.2, 0.25) is 0 Å². The van der Waals surface area contributed by atoms with Crippen LogP contribution in [0, 0.1) is 0 Å². The van der Waals surface area contributed by atoms with Crippen molar-refractivity contribution in [3.05, 3.63) is 12.3 Å². The van der Waals surface area contributed by atoms with E-state index in [9.17, 15) is 13.2 Å². The summed E-state index contributed by atoms with van der Waals surface area (Å²) in [6.07, 6.45) is -2.32. The van der Waals surface area contributed by atoms with Crippen LogP contribution in [0.15, 0.2) is 12.3 Å². The molecule has 0 radical (unpaired) electrons. The molecule has 0 atom stereocenters. The zero-order valence-electron chi connectivity index (χ0n) is 7.82. The summed E-state index contributed by atoms with van der Waals surface area (Å²) >= 11 is 0. The van der Waals surface area contributed by atoms with Crippen LogP contribution in [0.3, 0.4) is 0 Å². The zero-order valence-corrected chi connectivity index (χ0v) is 7.82. The van der Waals surface area contributed by atoms with E-state index in [1.165, 1.54) is 4.90 Å². The first-order valence-electron chi connectivity index (χ1n) is 4.69. The highest BCUT2D eigenvalue weighted by Gasteiger charge is 2.48. The van der Waals surface area contributed by atoms with Crippen LogP contribution in [-0.2, 0) is 0 Å². The Morgan fingerprint density at radius 2 is 2.00 bits per heavy atom. The molecule has 1 heterocycles. The van der Waals surface area contributed by atoms with Crippen LogP contribution in [0.2, 0.25) is 0 Å². The standard InChI is InChI=1S/C9H13F3N2/c1-7(9(10,11)12)14-5-4-13-8(6-14)2-3-8/h13H,1-6H2. The van der Waals surface area contributed by atoms with Gasteiger partial charge in [0.1, 0.15) is 5.70 Å². The maximum atomic E-state index is 12.3. The smallest absolute Gasteiger partial charge is 0.365 e. The van der Waals surface area contributed by atoms with Gasteiger partial charge in [-0.05, 0) is 12.8 Å². The minimum absolute atomic E-state index is 0.0353. The fourth-order valence-corrected chi connectivity index (χ4v) is 1.85. The Labute approximate surface area is 80.8 Å². The molecule has 2 rings (SSSR count). The van der Waals surface area contributed by atoms with Gasteiger partial charge in [0.05, 0.1) is 0 Å².